The highest BCUT2D eigenvalue weighted by molar-refractivity contribution is 7.19. The molecule has 0 spiro atoms. The van der Waals surface area contributed by atoms with E-state index in [1.165, 1.54) is 37.1 Å². The Labute approximate surface area is 162 Å². The van der Waals surface area contributed by atoms with Crippen LogP contribution in [0.15, 0.2) is 72.5 Å². The van der Waals surface area contributed by atoms with E-state index in [9.17, 15) is 0 Å². The third-order valence-corrected chi connectivity index (χ3v) is 6.28. The first-order chi connectivity index (χ1) is 13.2. The van der Waals surface area contributed by atoms with Crippen molar-refractivity contribution in [1.82, 2.24) is 0 Å². The standard InChI is InChI=1S/C24H20NOS/c1-3-25-21-13-12-17-8-4-5-10-20(17)24(21)27-23(25)15-18-14-16(2)19-9-6-7-11-22(19)26-18/h4-15H,3H2,1-2H3/q+1. The first-order valence-corrected chi connectivity index (χ1v) is 10.1. The molecule has 1 aliphatic heterocycles. The van der Waals surface area contributed by atoms with Crippen LogP contribution in [0.25, 0.3) is 32.6 Å². The van der Waals surface area contributed by atoms with Crippen molar-refractivity contribution in [3.63, 3.8) is 0 Å². The lowest BCUT2D eigenvalue weighted by atomic mass is 10.0. The summed E-state index contributed by atoms with van der Waals surface area (Å²) in [7, 11) is 0. The molecule has 0 radical (unpaired) electrons. The maximum Gasteiger partial charge on any atom is 0.266 e. The molecule has 132 valence electrons. The number of rotatable bonds is 2. The van der Waals surface area contributed by atoms with E-state index in [0.717, 1.165) is 18.1 Å². The summed E-state index contributed by atoms with van der Waals surface area (Å²) in [6.45, 7) is 5.26. The second-order valence-corrected chi connectivity index (χ2v) is 7.82. The summed E-state index contributed by atoms with van der Waals surface area (Å²) in [4.78, 5) is 0. The highest BCUT2D eigenvalue weighted by atomic mass is 32.1. The molecule has 0 saturated heterocycles. The van der Waals surface area contributed by atoms with Crippen molar-refractivity contribution in [3.8, 4) is 5.75 Å². The minimum absolute atomic E-state index is 0.893. The minimum atomic E-state index is 0.893. The van der Waals surface area contributed by atoms with Gasteiger partial charge in [0.25, 0.3) is 5.01 Å². The highest BCUT2D eigenvalue weighted by Gasteiger charge is 2.21. The lowest BCUT2D eigenvalue weighted by Gasteiger charge is -2.17. The van der Waals surface area contributed by atoms with Crippen LogP contribution in [0.3, 0.4) is 0 Å². The van der Waals surface area contributed by atoms with Crippen LogP contribution < -0.4 is 9.30 Å². The molecule has 5 rings (SSSR count). The number of nitrogens with zero attached hydrogens (tertiary/aromatic N) is 1. The van der Waals surface area contributed by atoms with Gasteiger partial charge in [0, 0.05) is 17.0 Å². The van der Waals surface area contributed by atoms with Crippen molar-refractivity contribution in [3.05, 3.63) is 83.1 Å². The van der Waals surface area contributed by atoms with Gasteiger partial charge in [-0.25, -0.2) is 0 Å². The Morgan fingerprint density at radius 2 is 1.81 bits per heavy atom. The van der Waals surface area contributed by atoms with Gasteiger partial charge in [-0.1, -0.05) is 53.8 Å². The smallest absolute Gasteiger partial charge is 0.266 e. The summed E-state index contributed by atoms with van der Waals surface area (Å²) >= 11 is 1.83. The molecule has 0 fully saturated rings. The fourth-order valence-corrected chi connectivity index (χ4v) is 5.09. The number of benzene rings is 3. The van der Waals surface area contributed by atoms with Gasteiger partial charge in [0.15, 0.2) is 0 Å². The number of aryl methyl sites for hydroxylation is 1. The maximum absolute atomic E-state index is 6.17. The third kappa shape index (κ3) is 2.66. The van der Waals surface area contributed by atoms with Gasteiger partial charge < -0.3 is 4.74 Å². The number of allylic oxidation sites excluding steroid dienone is 2. The van der Waals surface area contributed by atoms with Gasteiger partial charge in [0.1, 0.15) is 22.8 Å². The van der Waals surface area contributed by atoms with Crippen LogP contribution in [0.5, 0.6) is 5.75 Å². The van der Waals surface area contributed by atoms with Crippen LogP contribution in [0, 0.1) is 0 Å². The number of aromatic nitrogens is 1. The van der Waals surface area contributed by atoms with E-state index in [-0.39, 0.29) is 0 Å². The number of thiazole rings is 1. The minimum Gasteiger partial charge on any atom is -0.456 e. The molecule has 0 unspecified atom stereocenters. The molecule has 1 aliphatic rings. The Morgan fingerprint density at radius 1 is 1.00 bits per heavy atom. The number of fused-ring (bicyclic) bond motifs is 4. The molecule has 0 atom stereocenters. The average molecular weight is 370 g/mol. The van der Waals surface area contributed by atoms with Crippen LogP contribution in [-0.2, 0) is 6.54 Å². The van der Waals surface area contributed by atoms with Gasteiger partial charge in [0.2, 0.25) is 5.52 Å². The number of para-hydroxylation sites is 1. The first kappa shape index (κ1) is 16.3. The molecule has 0 saturated carbocycles. The molecule has 0 aliphatic carbocycles. The van der Waals surface area contributed by atoms with Crippen molar-refractivity contribution in [2.75, 3.05) is 0 Å². The maximum atomic E-state index is 6.17. The van der Waals surface area contributed by atoms with E-state index in [0.29, 0.717) is 0 Å². The fraction of sp³-hybridized carbons (Fsp3) is 0.125. The van der Waals surface area contributed by atoms with E-state index < -0.39 is 0 Å². The largest absolute Gasteiger partial charge is 0.456 e. The van der Waals surface area contributed by atoms with Crippen LogP contribution in [0.4, 0.5) is 0 Å². The van der Waals surface area contributed by atoms with Gasteiger partial charge in [-0.3, -0.25) is 0 Å². The van der Waals surface area contributed by atoms with Crippen LogP contribution >= 0.6 is 11.3 Å². The van der Waals surface area contributed by atoms with Gasteiger partial charge in [-0.2, -0.15) is 4.57 Å². The summed E-state index contributed by atoms with van der Waals surface area (Å²) in [6.07, 6.45) is 4.30. The van der Waals surface area contributed by atoms with Crippen molar-refractivity contribution in [2.45, 2.75) is 20.4 Å². The van der Waals surface area contributed by atoms with E-state index >= 15 is 0 Å². The normalized spacial score (nSPS) is 15.0. The topological polar surface area (TPSA) is 13.1 Å². The van der Waals surface area contributed by atoms with E-state index in [2.05, 4.69) is 79.1 Å². The van der Waals surface area contributed by atoms with E-state index in [1.807, 2.05) is 23.5 Å². The molecule has 4 aromatic rings. The molecule has 0 bridgehead atoms. The van der Waals surface area contributed by atoms with Gasteiger partial charge in [-0.15, -0.1) is 0 Å². The van der Waals surface area contributed by atoms with Crippen molar-refractivity contribution >= 4 is 44.0 Å². The van der Waals surface area contributed by atoms with Crippen molar-refractivity contribution in [1.29, 1.82) is 0 Å². The molecule has 2 heterocycles. The quantitative estimate of drug-likeness (QED) is 0.383. The average Bonchev–Trinajstić information content (AvgIpc) is 3.05. The van der Waals surface area contributed by atoms with E-state index in [4.69, 9.17) is 4.74 Å². The second-order valence-electron chi connectivity index (χ2n) is 6.79. The van der Waals surface area contributed by atoms with Crippen LogP contribution in [0.2, 0.25) is 0 Å². The van der Waals surface area contributed by atoms with Gasteiger partial charge in [0.05, 0.1) is 6.08 Å². The SMILES string of the molecule is CC[n+]1c(C=C2C=C(C)c3ccccc3O2)sc2c3ccccc3ccc21. The zero-order valence-electron chi connectivity index (χ0n) is 15.4. The highest BCUT2D eigenvalue weighted by Crippen LogP contribution is 2.35. The Hall–Kier alpha value is -2.91. The van der Waals surface area contributed by atoms with Crippen molar-refractivity contribution in [2.24, 2.45) is 0 Å². The lowest BCUT2D eigenvalue weighted by molar-refractivity contribution is -0.665. The van der Waals surface area contributed by atoms with Crippen molar-refractivity contribution < 1.29 is 9.30 Å². The molecular weight excluding hydrogens is 350 g/mol. The predicted molar refractivity (Wildman–Crippen MR) is 114 cm³/mol. The van der Waals surface area contributed by atoms with Gasteiger partial charge >= 0.3 is 0 Å². The summed E-state index contributed by atoms with van der Waals surface area (Å²) in [6, 6.07) is 21.3. The molecule has 2 nitrogen and oxygen atoms in total. The summed E-state index contributed by atoms with van der Waals surface area (Å²) < 4.78 is 9.87. The van der Waals surface area contributed by atoms with Crippen LogP contribution in [0.1, 0.15) is 24.4 Å². The monoisotopic (exact) mass is 370 g/mol. The summed E-state index contributed by atoms with van der Waals surface area (Å²) in [5.74, 6) is 1.82. The molecular formula is C24H20NOS+. The third-order valence-electron chi connectivity index (χ3n) is 5.10. The van der Waals surface area contributed by atoms with E-state index in [1.54, 1.807) is 0 Å². The molecule has 27 heavy (non-hydrogen) atoms. The predicted octanol–water partition coefficient (Wildman–Crippen LogP) is 6.20. The Balaban J connectivity index is 1.69. The number of ether oxygens (including phenoxy) is 1. The Kier molecular flexibility index (Phi) is 3.83. The second kappa shape index (κ2) is 6.36. The zero-order valence-corrected chi connectivity index (χ0v) is 16.2. The molecule has 3 aromatic carbocycles. The fourth-order valence-electron chi connectivity index (χ4n) is 3.79. The summed E-state index contributed by atoms with van der Waals surface area (Å²) in [5.41, 5.74) is 3.68. The molecule has 3 heteroatoms. The molecule has 0 amide bonds. The number of hydrogen-bond donors (Lipinski definition) is 0. The molecule has 0 N–H and O–H groups in total. The first-order valence-electron chi connectivity index (χ1n) is 9.26. The zero-order chi connectivity index (χ0) is 18.4. The molecule has 1 aromatic heterocycles. The summed E-state index contributed by atoms with van der Waals surface area (Å²) in [5, 5.41) is 3.81. The van der Waals surface area contributed by atoms with Gasteiger partial charge in [-0.05, 0) is 43.0 Å². The van der Waals surface area contributed by atoms with Crippen LogP contribution in [-0.4, -0.2) is 0 Å². The Bertz CT molecular complexity index is 1250. The lowest BCUT2D eigenvalue weighted by Crippen LogP contribution is -2.33. The number of hydrogen-bond acceptors (Lipinski definition) is 2. The Morgan fingerprint density at radius 3 is 2.70 bits per heavy atom.